The highest BCUT2D eigenvalue weighted by molar-refractivity contribution is 7.89. The number of nitrogens with zero attached hydrogens (tertiary/aromatic N) is 1. The summed E-state index contributed by atoms with van der Waals surface area (Å²) in [6, 6.07) is 5.08. The molecule has 0 amide bonds. The third-order valence-electron chi connectivity index (χ3n) is 3.22. The zero-order chi connectivity index (χ0) is 15.9. The van der Waals surface area contributed by atoms with Gasteiger partial charge in [0.25, 0.3) is 0 Å². The fourth-order valence-electron chi connectivity index (χ4n) is 2.07. The second-order valence-electron chi connectivity index (χ2n) is 4.57. The van der Waals surface area contributed by atoms with Gasteiger partial charge in [-0.2, -0.15) is 4.31 Å². The average molecular weight is 312 g/mol. The fourth-order valence-corrected chi connectivity index (χ4v) is 3.72. The maximum absolute atomic E-state index is 12.8. The third-order valence-corrected chi connectivity index (χ3v) is 5.26. The van der Waals surface area contributed by atoms with Crippen molar-refractivity contribution in [2.45, 2.75) is 18.2 Å². The lowest BCUT2D eigenvalue weighted by Crippen LogP contribution is -2.32. The molecule has 1 N–H and O–H groups in total. The maximum Gasteiger partial charge on any atom is 0.243 e. The summed E-state index contributed by atoms with van der Waals surface area (Å²) in [7, 11) is -0.112. The molecule has 0 heterocycles. The van der Waals surface area contributed by atoms with Crippen molar-refractivity contribution in [3.8, 4) is 5.75 Å². The van der Waals surface area contributed by atoms with Crippen LogP contribution in [0.25, 0.3) is 0 Å². The van der Waals surface area contributed by atoms with E-state index in [1.54, 1.807) is 31.4 Å². The van der Waals surface area contributed by atoms with Gasteiger partial charge in [-0.15, -0.1) is 6.58 Å². The van der Waals surface area contributed by atoms with E-state index < -0.39 is 10.0 Å². The zero-order valence-electron chi connectivity index (χ0n) is 12.9. The summed E-state index contributed by atoms with van der Waals surface area (Å²) >= 11 is 0. The van der Waals surface area contributed by atoms with Crippen molar-refractivity contribution in [2.24, 2.45) is 0 Å². The van der Waals surface area contributed by atoms with Crippen LogP contribution < -0.4 is 10.1 Å². The minimum atomic E-state index is -3.52. The van der Waals surface area contributed by atoms with Crippen LogP contribution in [0.2, 0.25) is 0 Å². The van der Waals surface area contributed by atoms with Gasteiger partial charge in [0, 0.05) is 13.1 Å². The Balaban J connectivity index is 3.28. The number of sulfonamides is 1. The van der Waals surface area contributed by atoms with Crippen LogP contribution in [-0.4, -0.2) is 46.5 Å². The molecule has 0 spiro atoms. The largest absolute Gasteiger partial charge is 0.497 e. The summed E-state index contributed by atoms with van der Waals surface area (Å²) in [6.07, 6.45) is 2.21. The molecule has 0 aliphatic carbocycles. The molecule has 0 radical (unpaired) electrons. The van der Waals surface area contributed by atoms with Gasteiger partial charge in [0.15, 0.2) is 0 Å². The van der Waals surface area contributed by atoms with Crippen LogP contribution in [0.3, 0.4) is 0 Å². The summed E-state index contributed by atoms with van der Waals surface area (Å²) in [5, 5.41) is 3.04. The number of hydrogen-bond donors (Lipinski definition) is 1. The van der Waals surface area contributed by atoms with Crippen LogP contribution in [0.4, 0.5) is 0 Å². The first-order valence-corrected chi connectivity index (χ1v) is 8.37. The van der Waals surface area contributed by atoms with E-state index in [2.05, 4.69) is 11.9 Å². The quantitative estimate of drug-likeness (QED) is 0.705. The first-order chi connectivity index (χ1) is 10.0. The molecule has 0 saturated heterocycles. The van der Waals surface area contributed by atoms with Gasteiger partial charge < -0.3 is 10.1 Å². The van der Waals surface area contributed by atoms with E-state index in [1.807, 2.05) is 14.0 Å². The highest BCUT2D eigenvalue weighted by atomic mass is 32.2. The van der Waals surface area contributed by atoms with Gasteiger partial charge in [-0.05, 0) is 43.8 Å². The molecule has 1 rings (SSSR count). The Morgan fingerprint density at radius 1 is 1.43 bits per heavy atom. The van der Waals surface area contributed by atoms with Gasteiger partial charge in [0.2, 0.25) is 10.0 Å². The number of rotatable bonds is 9. The van der Waals surface area contributed by atoms with Gasteiger partial charge in [0.1, 0.15) is 5.75 Å². The Morgan fingerprint density at radius 2 is 2.14 bits per heavy atom. The van der Waals surface area contributed by atoms with Crippen LogP contribution in [0.15, 0.2) is 35.7 Å². The maximum atomic E-state index is 12.8. The van der Waals surface area contributed by atoms with E-state index in [9.17, 15) is 8.42 Å². The Kier molecular flexibility index (Phi) is 6.87. The minimum absolute atomic E-state index is 0.302. The van der Waals surface area contributed by atoms with E-state index in [4.69, 9.17) is 4.74 Å². The summed E-state index contributed by atoms with van der Waals surface area (Å²) < 4.78 is 32.1. The van der Waals surface area contributed by atoms with E-state index in [1.165, 1.54) is 4.31 Å². The first kappa shape index (κ1) is 17.7. The lowest BCUT2D eigenvalue weighted by atomic mass is 10.1. The van der Waals surface area contributed by atoms with Crippen LogP contribution >= 0.6 is 0 Å². The molecular formula is C15H24N2O3S. The predicted molar refractivity (Wildman–Crippen MR) is 85.3 cm³/mol. The molecule has 0 aliphatic heterocycles. The van der Waals surface area contributed by atoms with Crippen molar-refractivity contribution in [1.29, 1.82) is 0 Å². The predicted octanol–water partition coefficient (Wildman–Crippen LogP) is 1.65. The van der Waals surface area contributed by atoms with Crippen molar-refractivity contribution in [3.05, 3.63) is 36.4 Å². The molecule has 0 saturated carbocycles. The van der Waals surface area contributed by atoms with Gasteiger partial charge >= 0.3 is 0 Å². The Bertz CT molecular complexity index is 570. The van der Waals surface area contributed by atoms with Crippen molar-refractivity contribution in [1.82, 2.24) is 9.62 Å². The minimum Gasteiger partial charge on any atom is -0.497 e. The van der Waals surface area contributed by atoms with E-state index in [0.29, 0.717) is 36.7 Å². The van der Waals surface area contributed by atoms with Crippen LogP contribution in [0, 0.1) is 0 Å². The van der Waals surface area contributed by atoms with Crippen molar-refractivity contribution >= 4 is 10.0 Å². The Hall–Kier alpha value is -1.37. The van der Waals surface area contributed by atoms with Crippen molar-refractivity contribution < 1.29 is 13.2 Å². The SMILES string of the molecule is C=CCN(CC)S(=O)(=O)c1ccc(OC)cc1CCNC. The molecule has 0 atom stereocenters. The first-order valence-electron chi connectivity index (χ1n) is 6.93. The number of likely N-dealkylation sites (N-methyl/N-ethyl adjacent to an activating group) is 2. The van der Waals surface area contributed by atoms with Gasteiger partial charge in [-0.25, -0.2) is 8.42 Å². The van der Waals surface area contributed by atoms with Crippen LogP contribution in [0.1, 0.15) is 12.5 Å². The third kappa shape index (κ3) is 4.30. The number of hydrogen-bond acceptors (Lipinski definition) is 4. The van der Waals surface area contributed by atoms with E-state index in [0.717, 1.165) is 5.56 Å². The molecule has 0 aromatic heterocycles. The summed E-state index contributed by atoms with van der Waals surface area (Å²) in [4.78, 5) is 0.335. The number of benzene rings is 1. The molecule has 0 bridgehead atoms. The van der Waals surface area contributed by atoms with Crippen LogP contribution in [-0.2, 0) is 16.4 Å². The Labute approximate surface area is 127 Å². The van der Waals surface area contributed by atoms with Crippen molar-refractivity contribution in [3.63, 3.8) is 0 Å². The highest BCUT2D eigenvalue weighted by Crippen LogP contribution is 2.25. The van der Waals surface area contributed by atoms with Crippen LogP contribution in [0.5, 0.6) is 5.75 Å². The lowest BCUT2D eigenvalue weighted by molar-refractivity contribution is 0.413. The molecule has 0 aliphatic rings. The molecule has 1 aromatic carbocycles. The average Bonchev–Trinajstić information content (AvgIpc) is 2.49. The number of ether oxygens (including phenoxy) is 1. The number of methoxy groups -OCH3 is 1. The molecule has 0 unspecified atom stereocenters. The zero-order valence-corrected chi connectivity index (χ0v) is 13.7. The standard InChI is InChI=1S/C15H24N2O3S/c1-5-11-17(6-2)21(18,19)15-8-7-14(20-4)12-13(15)9-10-16-3/h5,7-8,12,16H,1,6,9-11H2,2-4H3. The van der Waals surface area contributed by atoms with Crippen molar-refractivity contribution in [2.75, 3.05) is 33.8 Å². The summed E-state index contributed by atoms with van der Waals surface area (Å²) in [6.45, 7) is 6.84. The van der Waals surface area contributed by atoms with Gasteiger partial charge in [-0.3, -0.25) is 0 Å². The monoisotopic (exact) mass is 312 g/mol. The lowest BCUT2D eigenvalue weighted by Gasteiger charge is -2.21. The Morgan fingerprint density at radius 3 is 2.67 bits per heavy atom. The normalized spacial score (nSPS) is 11.6. The van der Waals surface area contributed by atoms with E-state index >= 15 is 0 Å². The second-order valence-corrected chi connectivity index (χ2v) is 6.48. The molecular weight excluding hydrogens is 288 g/mol. The number of nitrogens with one attached hydrogen (secondary N) is 1. The summed E-state index contributed by atoms with van der Waals surface area (Å²) in [5.41, 5.74) is 0.756. The molecule has 21 heavy (non-hydrogen) atoms. The topological polar surface area (TPSA) is 58.6 Å². The summed E-state index contributed by atoms with van der Waals surface area (Å²) in [5.74, 6) is 0.659. The molecule has 6 heteroatoms. The smallest absolute Gasteiger partial charge is 0.243 e. The van der Waals surface area contributed by atoms with Gasteiger partial charge in [-0.1, -0.05) is 13.0 Å². The molecule has 118 valence electrons. The highest BCUT2D eigenvalue weighted by Gasteiger charge is 2.25. The van der Waals surface area contributed by atoms with E-state index in [-0.39, 0.29) is 0 Å². The molecule has 5 nitrogen and oxygen atoms in total. The second kappa shape index (κ2) is 8.17. The van der Waals surface area contributed by atoms with Gasteiger partial charge in [0.05, 0.1) is 12.0 Å². The molecule has 1 aromatic rings. The molecule has 0 fully saturated rings. The fraction of sp³-hybridized carbons (Fsp3) is 0.467.